The van der Waals surface area contributed by atoms with Crippen LogP contribution in [0.15, 0.2) is 58.5 Å². The Kier molecular flexibility index (Phi) is 5.99. The van der Waals surface area contributed by atoms with Crippen LogP contribution in [0.1, 0.15) is 24.2 Å². The first-order valence-electron chi connectivity index (χ1n) is 10.5. The molecule has 1 aliphatic heterocycles. The van der Waals surface area contributed by atoms with E-state index in [1.165, 1.54) is 11.8 Å². The molecule has 32 heavy (non-hydrogen) atoms. The van der Waals surface area contributed by atoms with Crippen molar-refractivity contribution in [1.82, 2.24) is 24.1 Å². The molecule has 0 radical (unpaired) electrons. The van der Waals surface area contributed by atoms with Crippen LogP contribution in [0, 0.1) is 6.92 Å². The number of pyridine rings is 1. The molecular formula is C23H22ClN5O2S. The molecule has 1 saturated heterocycles. The highest BCUT2D eigenvalue weighted by molar-refractivity contribution is 7.98. The molecule has 1 atom stereocenters. The molecule has 3 aromatic heterocycles. The summed E-state index contributed by atoms with van der Waals surface area (Å²) < 4.78 is 9.58. The maximum atomic E-state index is 12.6. The molecule has 0 bridgehead atoms. The van der Waals surface area contributed by atoms with Crippen LogP contribution in [0.2, 0.25) is 5.02 Å². The van der Waals surface area contributed by atoms with Crippen LogP contribution >= 0.6 is 23.4 Å². The molecule has 1 aliphatic rings. The third-order valence-electron chi connectivity index (χ3n) is 5.51. The number of fused-ring (bicyclic) bond motifs is 1. The molecule has 0 saturated carbocycles. The van der Waals surface area contributed by atoms with Crippen LogP contribution in [0.3, 0.4) is 0 Å². The number of halogens is 1. The zero-order valence-electron chi connectivity index (χ0n) is 17.6. The van der Waals surface area contributed by atoms with Gasteiger partial charge in [-0.2, -0.15) is 0 Å². The Morgan fingerprint density at radius 2 is 2.03 bits per heavy atom. The van der Waals surface area contributed by atoms with E-state index in [1.54, 1.807) is 10.5 Å². The fourth-order valence-electron chi connectivity index (χ4n) is 3.94. The van der Waals surface area contributed by atoms with Crippen LogP contribution in [0.4, 0.5) is 0 Å². The molecule has 9 heteroatoms. The standard InChI is InChI=1S/C23H22ClN5O2S/c1-15-4-2-6-20-25-18(12-21(30)29(15)20)14-32-23-27-26-22(16-7-9-17(24)10-8-16)28(23)13-19-5-3-11-31-19/h2,4,6-10,12,19H,3,5,11,13-14H2,1H3/t19-/m1/s1. The molecule has 0 spiro atoms. The lowest BCUT2D eigenvalue weighted by Gasteiger charge is -2.15. The summed E-state index contributed by atoms with van der Waals surface area (Å²) in [4.78, 5) is 17.3. The average Bonchev–Trinajstić information content (AvgIpc) is 3.43. The van der Waals surface area contributed by atoms with Gasteiger partial charge in [0, 0.05) is 34.7 Å². The topological polar surface area (TPSA) is 74.3 Å². The van der Waals surface area contributed by atoms with Crippen molar-refractivity contribution in [1.29, 1.82) is 0 Å². The van der Waals surface area contributed by atoms with Gasteiger partial charge in [-0.05, 0) is 56.2 Å². The normalized spacial score (nSPS) is 16.1. The Hall–Kier alpha value is -2.68. The van der Waals surface area contributed by atoms with Crippen molar-refractivity contribution in [3.8, 4) is 11.4 Å². The molecule has 0 aliphatic carbocycles. The van der Waals surface area contributed by atoms with Gasteiger partial charge in [0.1, 0.15) is 5.65 Å². The fourth-order valence-corrected chi connectivity index (χ4v) is 4.91. The maximum absolute atomic E-state index is 12.6. The summed E-state index contributed by atoms with van der Waals surface area (Å²) in [5, 5.41) is 10.4. The van der Waals surface area contributed by atoms with Gasteiger partial charge < -0.3 is 4.74 Å². The quantitative estimate of drug-likeness (QED) is 0.391. The van der Waals surface area contributed by atoms with Crippen LogP contribution in [-0.2, 0) is 17.0 Å². The molecule has 7 nitrogen and oxygen atoms in total. The summed E-state index contributed by atoms with van der Waals surface area (Å²) in [6.45, 7) is 3.37. The number of ether oxygens (including phenoxy) is 1. The Morgan fingerprint density at radius 1 is 1.19 bits per heavy atom. The van der Waals surface area contributed by atoms with E-state index in [1.807, 2.05) is 49.4 Å². The van der Waals surface area contributed by atoms with Gasteiger partial charge in [-0.3, -0.25) is 13.8 Å². The number of hydrogen-bond acceptors (Lipinski definition) is 6. The smallest absolute Gasteiger partial charge is 0.258 e. The summed E-state index contributed by atoms with van der Waals surface area (Å²) >= 11 is 7.58. The first kappa shape index (κ1) is 21.2. The molecule has 4 aromatic rings. The average molecular weight is 468 g/mol. The van der Waals surface area contributed by atoms with Gasteiger partial charge in [0.15, 0.2) is 11.0 Å². The molecule has 0 N–H and O–H groups in total. The Balaban J connectivity index is 1.44. The van der Waals surface area contributed by atoms with Crippen molar-refractivity contribution in [3.63, 3.8) is 0 Å². The van der Waals surface area contributed by atoms with E-state index in [0.717, 1.165) is 41.7 Å². The van der Waals surface area contributed by atoms with E-state index in [9.17, 15) is 4.79 Å². The Morgan fingerprint density at radius 3 is 2.81 bits per heavy atom. The highest BCUT2D eigenvalue weighted by atomic mass is 35.5. The van der Waals surface area contributed by atoms with Crippen molar-refractivity contribution in [2.45, 2.75) is 43.3 Å². The SMILES string of the molecule is Cc1cccc2nc(CSc3nnc(-c4ccc(Cl)cc4)n3C[C@H]3CCCO3)cc(=O)n12. The molecule has 0 amide bonds. The van der Waals surface area contributed by atoms with Crippen molar-refractivity contribution in [2.24, 2.45) is 0 Å². The Bertz CT molecular complexity index is 1310. The van der Waals surface area contributed by atoms with E-state index < -0.39 is 0 Å². The zero-order chi connectivity index (χ0) is 22.1. The van der Waals surface area contributed by atoms with E-state index in [4.69, 9.17) is 16.3 Å². The molecule has 164 valence electrons. The minimum Gasteiger partial charge on any atom is -0.376 e. The van der Waals surface area contributed by atoms with Gasteiger partial charge in [-0.25, -0.2) is 4.98 Å². The number of benzene rings is 1. The van der Waals surface area contributed by atoms with Crippen molar-refractivity contribution >= 4 is 29.0 Å². The van der Waals surface area contributed by atoms with Crippen LogP contribution in [0.5, 0.6) is 0 Å². The summed E-state index contributed by atoms with van der Waals surface area (Å²) in [5.41, 5.74) is 3.10. The number of rotatable bonds is 6. The summed E-state index contributed by atoms with van der Waals surface area (Å²) in [7, 11) is 0. The minimum atomic E-state index is -0.0774. The predicted molar refractivity (Wildman–Crippen MR) is 125 cm³/mol. The lowest BCUT2D eigenvalue weighted by Crippen LogP contribution is -2.18. The first-order chi connectivity index (χ1) is 15.6. The van der Waals surface area contributed by atoms with Crippen LogP contribution < -0.4 is 5.56 Å². The van der Waals surface area contributed by atoms with Gasteiger partial charge in [0.2, 0.25) is 0 Å². The van der Waals surface area contributed by atoms with E-state index in [0.29, 0.717) is 28.7 Å². The van der Waals surface area contributed by atoms with Crippen molar-refractivity contribution < 1.29 is 4.74 Å². The highest BCUT2D eigenvalue weighted by Gasteiger charge is 2.22. The Labute approximate surface area is 194 Å². The summed E-state index contributed by atoms with van der Waals surface area (Å²) in [6.07, 6.45) is 2.23. The van der Waals surface area contributed by atoms with Crippen molar-refractivity contribution in [2.75, 3.05) is 6.61 Å². The van der Waals surface area contributed by atoms with Gasteiger partial charge in [0.05, 0.1) is 18.3 Å². The third kappa shape index (κ3) is 4.30. The number of aromatic nitrogens is 5. The summed E-state index contributed by atoms with van der Waals surface area (Å²) in [5.74, 6) is 1.30. The number of hydrogen-bond donors (Lipinski definition) is 0. The molecule has 1 aromatic carbocycles. The predicted octanol–water partition coefficient (Wildman–Crippen LogP) is 4.39. The molecule has 5 rings (SSSR count). The lowest BCUT2D eigenvalue weighted by atomic mass is 10.2. The number of thioether (sulfide) groups is 1. The fraction of sp³-hybridized carbons (Fsp3) is 0.304. The van der Waals surface area contributed by atoms with E-state index in [-0.39, 0.29) is 11.7 Å². The monoisotopic (exact) mass is 467 g/mol. The molecule has 1 fully saturated rings. The van der Waals surface area contributed by atoms with Gasteiger partial charge in [-0.15, -0.1) is 10.2 Å². The number of nitrogens with zero attached hydrogens (tertiary/aromatic N) is 5. The maximum Gasteiger partial charge on any atom is 0.258 e. The molecule has 4 heterocycles. The van der Waals surface area contributed by atoms with Gasteiger partial charge >= 0.3 is 0 Å². The van der Waals surface area contributed by atoms with Crippen LogP contribution in [0.25, 0.3) is 17.0 Å². The highest BCUT2D eigenvalue weighted by Crippen LogP contribution is 2.28. The summed E-state index contributed by atoms with van der Waals surface area (Å²) in [6, 6.07) is 14.8. The molecule has 0 unspecified atom stereocenters. The van der Waals surface area contributed by atoms with E-state index >= 15 is 0 Å². The third-order valence-corrected chi connectivity index (χ3v) is 6.76. The number of aryl methyl sites for hydroxylation is 1. The second kappa shape index (κ2) is 9.05. The second-order valence-corrected chi connectivity index (χ2v) is 9.17. The largest absolute Gasteiger partial charge is 0.376 e. The van der Waals surface area contributed by atoms with E-state index in [2.05, 4.69) is 19.7 Å². The molecular weight excluding hydrogens is 446 g/mol. The lowest BCUT2D eigenvalue weighted by molar-refractivity contribution is 0.0953. The second-order valence-electron chi connectivity index (χ2n) is 7.79. The van der Waals surface area contributed by atoms with Gasteiger partial charge in [-0.1, -0.05) is 29.4 Å². The first-order valence-corrected chi connectivity index (χ1v) is 11.9. The minimum absolute atomic E-state index is 0.0774. The van der Waals surface area contributed by atoms with Crippen LogP contribution in [-0.4, -0.2) is 36.9 Å². The van der Waals surface area contributed by atoms with Gasteiger partial charge in [0.25, 0.3) is 5.56 Å². The zero-order valence-corrected chi connectivity index (χ0v) is 19.1. The van der Waals surface area contributed by atoms with Crippen molar-refractivity contribution in [3.05, 3.63) is 75.3 Å².